The van der Waals surface area contributed by atoms with Crippen LogP contribution >= 0.6 is 0 Å². The molecule has 1 fully saturated rings. The van der Waals surface area contributed by atoms with E-state index in [1.807, 2.05) is 31.2 Å². The van der Waals surface area contributed by atoms with E-state index >= 15 is 0 Å². The minimum Gasteiger partial charge on any atom is -0.294 e. The van der Waals surface area contributed by atoms with Gasteiger partial charge in [0.05, 0.1) is 5.75 Å². The fourth-order valence-corrected chi connectivity index (χ4v) is 5.81. The molecule has 2 aliphatic rings. The molecule has 1 saturated heterocycles. The van der Waals surface area contributed by atoms with Crippen LogP contribution in [0.2, 0.25) is 0 Å². The first-order valence-corrected chi connectivity index (χ1v) is 11.0. The summed E-state index contributed by atoms with van der Waals surface area (Å²) >= 11 is 0. The van der Waals surface area contributed by atoms with E-state index in [0.29, 0.717) is 19.1 Å². The number of hydrogen-bond acceptors (Lipinski definition) is 3. The second-order valence-corrected chi connectivity index (χ2v) is 9.40. The average Bonchev–Trinajstić information content (AvgIpc) is 3.05. The quantitative estimate of drug-likeness (QED) is 0.830. The molecule has 138 valence electrons. The number of piperazine rings is 1. The monoisotopic (exact) mass is 370 g/mol. The first-order valence-electron chi connectivity index (χ1n) is 9.38. The number of hydrogen-bond donors (Lipinski definition) is 0. The van der Waals surface area contributed by atoms with Gasteiger partial charge in [-0.15, -0.1) is 0 Å². The van der Waals surface area contributed by atoms with Crippen molar-refractivity contribution in [3.05, 3.63) is 70.8 Å². The Kier molecular flexibility index (Phi) is 4.86. The van der Waals surface area contributed by atoms with Gasteiger partial charge in [-0.3, -0.25) is 4.90 Å². The Hall–Kier alpha value is -1.69. The third-order valence-electron chi connectivity index (χ3n) is 5.64. The summed E-state index contributed by atoms with van der Waals surface area (Å²) in [5.41, 5.74) is 4.86. The highest BCUT2D eigenvalue weighted by molar-refractivity contribution is 7.88. The number of aryl methyl sites for hydroxylation is 2. The van der Waals surface area contributed by atoms with Gasteiger partial charge in [-0.1, -0.05) is 54.1 Å². The number of sulfonamides is 1. The maximum Gasteiger partial charge on any atom is 0.218 e. The van der Waals surface area contributed by atoms with Crippen molar-refractivity contribution < 1.29 is 8.42 Å². The van der Waals surface area contributed by atoms with Crippen molar-refractivity contribution in [2.45, 2.75) is 31.6 Å². The van der Waals surface area contributed by atoms with Gasteiger partial charge in [0.25, 0.3) is 0 Å². The summed E-state index contributed by atoms with van der Waals surface area (Å²) in [5, 5.41) is 0. The summed E-state index contributed by atoms with van der Waals surface area (Å²) in [4.78, 5) is 2.46. The molecule has 0 bridgehead atoms. The summed E-state index contributed by atoms with van der Waals surface area (Å²) in [6.07, 6.45) is 2.28. The van der Waals surface area contributed by atoms with E-state index < -0.39 is 10.0 Å². The van der Waals surface area contributed by atoms with Crippen LogP contribution in [-0.4, -0.2) is 43.8 Å². The molecule has 0 radical (unpaired) electrons. The van der Waals surface area contributed by atoms with Crippen LogP contribution in [0.3, 0.4) is 0 Å². The van der Waals surface area contributed by atoms with Crippen molar-refractivity contribution in [1.29, 1.82) is 0 Å². The molecule has 0 saturated carbocycles. The minimum absolute atomic E-state index is 0.0982. The van der Waals surface area contributed by atoms with Gasteiger partial charge in [-0.25, -0.2) is 8.42 Å². The molecule has 0 amide bonds. The fraction of sp³-hybridized carbons (Fsp3) is 0.429. The van der Waals surface area contributed by atoms with Crippen LogP contribution < -0.4 is 0 Å². The zero-order valence-corrected chi connectivity index (χ0v) is 16.1. The van der Waals surface area contributed by atoms with Gasteiger partial charge in [-0.05, 0) is 36.5 Å². The summed E-state index contributed by atoms with van der Waals surface area (Å²) in [6.45, 7) is 4.80. The molecular weight excluding hydrogens is 344 g/mol. The highest BCUT2D eigenvalue weighted by atomic mass is 32.2. The van der Waals surface area contributed by atoms with E-state index in [1.165, 1.54) is 11.1 Å². The molecule has 1 aliphatic carbocycles. The number of nitrogens with zero attached hydrogens (tertiary/aromatic N) is 2. The Balaban J connectivity index is 1.40. The number of fused-ring (bicyclic) bond motifs is 1. The topological polar surface area (TPSA) is 40.6 Å². The first kappa shape index (κ1) is 17.7. The normalized spacial score (nSPS) is 21.7. The Bertz CT molecular complexity index is 886. The summed E-state index contributed by atoms with van der Waals surface area (Å²) < 4.78 is 27.3. The molecule has 4 rings (SSSR count). The third-order valence-corrected chi connectivity index (χ3v) is 7.49. The molecule has 0 spiro atoms. The van der Waals surface area contributed by atoms with Crippen molar-refractivity contribution in [2.75, 3.05) is 26.2 Å². The van der Waals surface area contributed by atoms with Crippen LogP contribution in [0.25, 0.3) is 0 Å². The van der Waals surface area contributed by atoms with E-state index in [4.69, 9.17) is 0 Å². The van der Waals surface area contributed by atoms with Crippen LogP contribution in [0, 0.1) is 6.92 Å². The van der Waals surface area contributed by atoms with Crippen LogP contribution in [0.4, 0.5) is 0 Å². The summed E-state index contributed by atoms with van der Waals surface area (Å²) in [5.74, 6) is 0.0982. The van der Waals surface area contributed by atoms with Crippen molar-refractivity contribution in [3.63, 3.8) is 0 Å². The van der Waals surface area contributed by atoms with Crippen LogP contribution in [0.1, 0.15) is 34.7 Å². The van der Waals surface area contributed by atoms with Gasteiger partial charge >= 0.3 is 0 Å². The molecule has 1 unspecified atom stereocenters. The Morgan fingerprint density at radius 3 is 2.54 bits per heavy atom. The molecule has 5 heteroatoms. The van der Waals surface area contributed by atoms with Crippen LogP contribution in [0.5, 0.6) is 0 Å². The van der Waals surface area contributed by atoms with Crippen molar-refractivity contribution in [3.8, 4) is 0 Å². The Labute approximate surface area is 156 Å². The predicted octanol–water partition coefficient (Wildman–Crippen LogP) is 3.13. The smallest absolute Gasteiger partial charge is 0.218 e. The highest BCUT2D eigenvalue weighted by Crippen LogP contribution is 2.36. The molecule has 2 aromatic rings. The maximum atomic E-state index is 12.8. The SMILES string of the molecule is Cc1cccc(CS(=O)(=O)N2CCN(C3CCc4ccccc43)CC2)c1. The molecule has 4 nitrogen and oxygen atoms in total. The lowest BCUT2D eigenvalue weighted by Gasteiger charge is -2.37. The lowest BCUT2D eigenvalue weighted by Crippen LogP contribution is -2.49. The molecule has 26 heavy (non-hydrogen) atoms. The fourth-order valence-electron chi connectivity index (χ4n) is 4.31. The van der Waals surface area contributed by atoms with E-state index in [0.717, 1.165) is 37.1 Å². The molecule has 1 atom stereocenters. The molecule has 1 heterocycles. The van der Waals surface area contributed by atoms with Crippen LogP contribution in [-0.2, 0) is 22.2 Å². The van der Waals surface area contributed by atoms with E-state index in [1.54, 1.807) is 4.31 Å². The van der Waals surface area contributed by atoms with Gasteiger partial charge < -0.3 is 0 Å². The van der Waals surface area contributed by atoms with Gasteiger partial charge in [0.2, 0.25) is 10.0 Å². The summed E-state index contributed by atoms with van der Waals surface area (Å²) in [7, 11) is -3.25. The zero-order chi connectivity index (χ0) is 18.1. The van der Waals surface area contributed by atoms with Gasteiger partial charge in [0.1, 0.15) is 0 Å². The van der Waals surface area contributed by atoms with Gasteiger partial charge in [0, 0.05) is 32.2 Å². The Morgan fingerprint density at radius 1 is 1.00 bits per heavy atom. The number of benzene rings is 2. The average molecular weight is 371 g/mol. The molecule has 2 aromatic carbocycles. The first-order chi connectivity index (χ1) is 12.5. The highest BCUT2D eigenvalue weighted by Gasteiger charge is 2.33. The van der Waals surface area contributed by atoms with Crippen molar-refractivity contribution in [1.82, 2.24) is 9.21 Å². The van der Waals surface area contributed by atoms with Crippen LogP contribution in [0.15, 0.2) is 48.5 Å². The number of rotatable bonds is 4. The second kappa shape index (κ2) is 7.14. The van der Waals surface area contributed by atoms with E-state index in [2.05, 4.69) is 29.2 Å². The third kappa shape index (κ3) is 3.56. The van der Waals surface area contributed by atoms with Crippen molar-refractivity contribution >= 4 is 10.0 Å². The standard InChI is InChI=1S/C21H26N2O2S/c1-17-5-4-6-18(15-17)16-26(24,25)23-13-11-22(12-14-23)21-10-9-19-7-2-3-8-20(19)21/h2-8,15,21H,9-14,16H2,1H3. The Morgan fingerprint density at radius 2 is 1.77 bits per heavy atom. The largest absolute Gasteiger partial charge is 0.294 e. The van der Waals surface area contributed by atoms with E-state index in [-0.39, 0.29) is 5.75 Å². The molecular formula is C21H26N2O2S. The second-order valence-electron chi connectivity index (χ2n) is 7.43. The predicted molar refractivity (Wildman–Crippen MR) is 104 cm³/mol. The summed E-state index contributed by atoms with van der Waals surface area (Å²) in [6, 6.07) is 16.9. The zero-order valence-electron chi connectivity index (χ0n) is 15.3. The van der Waals surface area contributed by atoms with Crippen molar-refractivity contribution in [2.24, 2.45) is 0 Å². The minimum atomic E-state index is -3.25. The van der Waals surface area contributed by atoms with E-state index in [9.17, 15) is 8.42 Å². The molecule has 1 aliphatic heterocycles. The molecule has 0 N–H and O–H groups in total. The molecule has 0 aromatic heterocycles. The lowest BCUT2D eigenvalue weighted by atomic mass is 10.1. The van der Waals surface area contributed by atoms with Gasteiger partial charge in [0.15, 0.2) is 0 Å². The van der Waals surface area contributed by atoms with Gasteiger partial charge in [-0.2, -0.15) is 4.31 Å². The lowest BCUT2D eigenvalue weighted by molar-refractivity contribution is 0.136. The maximum absolute atomic E-state index is 12.8.